The van der Waals surface area contributed by atoms with Crippen LogP contribution >= 0.6 is 7.82 Å². The molecule has 0 radical (unpaired) electrons. The standard InChI is InChI=1S/C18H24N9O11P.Na/c1-7-3-26(18(32)22-16(7)31)11-2-8(23-25-20)9(37-11)4-35-39(33,34)36-5-10-12(28)13(29)17(38-10)27-6-21-15(24-27)14(19)30;/h3,6,8-13,17,28-29H,2,4-5H2,1H3,(H2,19,30)(H,33,34)(H,22,31,32);/q;+1/p-1/t8-,9+,10+,11+,12+,13+,17+;/m0./s1. The number of aromatic nitrogens is 5. The molecule has 0 saturated carbocycles. The quantitative estimate of drug-likeness (QED) is 0.0655. The van der Waals surface area contributed by atoms with Crippen molar-refractivity contribution >= 4 is 13.7 Å². The summed E-state index contributed by atoms with van der Waals surface area (Å²) in [5, 5.41) is 27.8. The third-order valence-electron chi connectivity index (χ3n) is 5.98. The van der Waals surface area contributed by atoms with E-state index in [4.69, 9.17) is 29.8 Å². The number of aliphatic hydroxyl groups is 2. The Hall–Kier alpha value is -2.45. The second-order valence-electron chi connectivity index (χ2n) is 8.61. The molecule has 2 fully saturated rings. The van der Waals surface area contributed by atoms with Crippen molar-refractivity contribution in [2.24, 2.45) is 10.8 Å². The van der Waals surface area contributed by atoms with Gasteiger partial charge in [-0.25, -0.2) is 14.5 Å². The van der Waals surface area contributed by atoms with E-state index in [9.17, 15) is 34.1 Å². The fourth-order valence-corrected chi connectivity index (χ4v) is 4.72. The molecule has 1 unspecified atom stereocenters. The third kappa shape index (κ3) is 7.06. The van der Waals surface area contributed by atoms with Crippen LogP contribution in [0.25, 0.3) is 10.4 Å². The first-order valence-electron chi connectivity index (χ1n) is 11.2. The van der Waals surface area contributed by atoms with Crippen molar-refractivity contribution < 1.29 is 72.5 Å². The number of aryl methyl sites for hydroxylation is 1. The molecule has 212 valence electrons. The maximum Gasteiger partial charge on any atom is 1.00 e. The second-order valence-corrected chi connectivity index (χ2v) is 10.0. The number of carbonyl (C=O) groups excluding carboxylic acids is 1. The van der Waals surface area contributed by atoms with Gasteiger partial charge in [0.2, 0.25) is 5.82 Å². The van der Waals surface area contributed by atoms with Crippen LogP contribution in [0.5, 0.6) is 0 Å². The SMILES string of the molecule is Cc1cn([C@H]2C[C@H](N=[N+]=[N-])[C@@H](COP(=O)([O-])OC[C@H]3O[C@@H](n4cnc(C(N)=O)n4)[C@H](O)[C@@H]3O)O2)c(=O)[nH]c1=O.[Na+]. The zero-order chi connectivity index (χ0) is 28.5. The number of hydrogen-bond acceptors (Lipinski definition) is 14. The van der Waals surface area contributed by atoms with E-state index < -0.39 is 81.1 Å². The molecule has 1 amide bonds. The molecule has 22 heteroatoms. The van der Waals surface area contributed by atoms with Gasteiger partial charge in [0.15, 0.2) is 6.23 Å². The number of aliphatic hydroxyl groups excluding tert-OH is 2. The zero-order valence-electron chi connectivity index (χ0n) is 21.0. The number of nitrogens with one attached hydrogen (secondary N) is 1. The number of rotatable bonds is 10. The Bertz CT molecular complexity index is 1440. The first kappa shape index (κ1) is 32.1. The number of hydrogen-bond donors (Lipinski definition) is 4. The maximum absolute atomic E-state index is 12.4. The number of amides is 1. The van der Waals surface area contributed by atoms with E-state index in [2.05, 4.69) is 25.1 Å². The van der Waals surface area contributed by atoms with Gasteiger partial charge in [0.1, 0.15) is 30.9 Å². The van der Waals surface area contributed by atoms with Crippen LogP contribution in [0.3, 0.4) is 0 Å². The van der Waals surface area contributed by atoms with Crippen molar-refractivity contribution in [1.82, 2.24) is 24.3 Å². The molecule has 2 aliphatic rings. The van der Waals surface area contributed by atoms with E-state index in [-0.39, 0.29) is 47.4 Å². The third-order valence-corrected chi connectivity index (χ3v) is 6.91. The van der Waals surface area contributed by atoms with Crippen LogP contribution in [0, 0.1) is 6.92 Å². The molecule has 40 heavy (non-hydrogen) atoms. The summed E-state index contributed by atoms with van der Waals surface area (Å²) >= 11 is 0. The Balaban J connectivity index is 0.00000441. The van der Waals surface area contributed by atoms with Gasteiger partial charge in [-0.2, -0.15) is 0 Å². The molecular weight excluding hydrogens is 572 g/mol. The minimum Gasteiger partial charge on any atom is -0.756 e. The summed E-state index contributed by atoms with van der Waals surface area (Å²) in [7, 11) is -5.05. The molecule has 0 spiro atoms. The van der Waals surface area contributed by atoms with Crippen LogP contribution < -0.4 is 51.4 Å². The monoisotopic (exact) mass is 595 g/mol. The van der Waals surface area contributed by atoms with Crippen LogP contribution in [-0.2, 0) is 23.1 Å². The molecule has 0 aliphatic carbocycles. The van der Waals surface area contributed by atoms with Crippen molar-refractivity contribution in [3.8, 4) is 0 Å². The molecule has 2 aromatic rings. The Morgan fingerprint density at radius 2 is 2.00 bits per heavy atom. The summed E-state index contributed by atoms with van der Waals surface area (Å²) in [5.74, 6) is -1.30. The van der Waals surface area contributed by atoms with Crippen LogP contribution in [0.4, 0.5) is 0 Å². The van der Waals surface area contributed by atoms with Gasteiger partial charge >= 0.3 is 35.2 Å². The number of nitrogens with zero attached hydrogens (tertiary/aromatic N) is 7. The molecule has 4 heterocycles. The number of phosphoric ester groups is 1. The number of phosphoric acid groups is 1. The molecule has 2 aromatic heterocycles. The number of nitrogens with two attached hydrogens (primary N) is 1. The van der Waals surface area contributed by atoms with Crippen molar-refractivity contribution in [2.75, 3.05) is 13.2 Å². The number of azide groups is 1. The van der Waals surface area contributed by atoms with E-state index in [0.717, 1.165) is 15.6 Å². The molecular formula is C18H23N9NaO11P. The van der Waals surface area contributed by atoms with E-state index in [1.165, 1.54) is 13.1 Å². The number of ether oxygens (including phenoxy) is 2. The summed E-state index contributed by atoms with van der Waals surface area (Å²) in [4.78, 5) is 55.8. The summed E-state index contributed by atoms with van der Waals surface area (Å²) in [6.07, 6.45) is -5.70. The summed E-state index contributed by atoms with van der Waals surface area (Å²) in [6.45, 7) is 0.0375. The average Bonchev–Trinajstić information content (AvgIpc) is 3.58. The van der Waals surface area contributed by atoms with Gasteiger partial charge in [0.25, 0.3) is 19.3 Å². The number of H-pyrrole nitrogens is 1. The number of carbonyl (C=O) groups is 1. The summed E-state index contributed by atoms with van der Waals surface area (Å²) in [6, 6.07) is -0.928. The molecule has 2 saturated heterocycles. The molecule has 8 atom stereocenters. The first-order valence-corrected chi connectivity index (χ1v) is 12.7. The van der Waals surface area contributed by atoms with Crippen LogP contribution in [0.2, 0.25) is 0 Å². The summed E-state index contributed by atoms with van der Waals surface area (Å²) in [5.41, 5.74) is 12.8. The molecule has 2 aliphatic heterocycles. The van der Waals surface area contributed by atoms with Gasteiger partial charge in [-0.3, -0.25) is 23.7 Å². The Morgan fingerprint density at radius 3 is 2.62 bits per heavy atom. The topological polar surface area (TPSA) is 295 Å². The predicted octanol–water partition coefficient (Wildman–Crippen LogP) is -5.67. The van der Waals surface area contributed by atoms with Crippen LogP contribution in [0.15, 0.2) is 27.2 Å². The molecule has 0 aromatic carbocycles. The minimum absolute atomic E-state index is 0. The van der Waals surface area contributed by atoms with Crippen molar-refractivity contribution in [3.05, 3.63) is 55.2 Å². The first-order chi connectivity index (χ1) is 18.4. The largest absolute Gasteiger partial charge is 1.00 e. The number of primary amides is 1. The minimum atomic E-state index is -5.05. The van der Waals surface area contributed by atoms with E-state index in [1.807, 2.05) is 0 Å². The van der Waals surface area contributed by atoms with Crippen molar-refractivity contribution in [3.63, 3.8) is 0 Å². The van der Waals surface area contributed by atoms with Gasteiger partial charge in [0.05, 0.1) is 25.4 Å². The predicted molar refractivity (Wildman–Crippen MR) is 121 cm³/mol. The zero-order valence-corrected chi connectivity index (χ0v) is 23.9. The second kappa shape index (κ2) is 13.0. The Morgan fingerprint density at radius 1 is 1.32 bits per heavy atom. The molecule has 0 bridgehead atoms. The summed E-state index contributed by atoms with van der Waals surface area (Å²) < 4.78 is 35.1. The van der Waals surface area contributed by atoms with Crippen LogP contribution in [-0.4, -0.2) is 84.1 Å². The van der Waals surface area contributed by atoms with E-state index >= 15 is 0 Å². The Labute approximate surface area is 245 Å². The van der Waals surface area contributed by atoms with E-state index in [1.54, 1.807) is 0 Å². The van der Waals surface area contributed by atoms with Gasteiger partial charge in [0, 0.05) is 23.1 Å². The molecule has 4 rings (SSSR count). The van der Waals surface area contributed by atoms with E-state index in [0.29, 0.717) is 0 Å². The van der Waals surface area contributed by atoms with Gasteiger partial charge in [-0.1, -0.05) is 5.11 Å². The van der Waals surface area contributed by atoms with Gasteiger partial charge in [-0.15, -0.1) is 5.10 Å². The van der Waals surface area contributed by atoms with Crippen LogP contribution in [0.1, 0.15) is 35.1 Å². The van der Waals surface area contributed by atoms with Gasteiger partial charge < -0.3 is 39.4 Å². The van der Waals surface area contributed by atoms with Gasteiger partial charge in [-0.05, 0) is 12.5 Å². The maximum atomic E-state index is 12.4. The normalized spacial score (nSPS) is 29.4. The fourth-order valence-electron chi connectivity index (χ4n) is 3.99. The average molecular weight is 595 g/mol. The fraction of sp³-hybridized carbons (Fsp3) is 0.611. The molecule has 5 N–H and O–H groups in total. The van der Waals surface area contributed by atoms with Crippen molar-refractivity contribution in [1.29, 1.82) is 0 Å². The molecule has 20 nitrogen and oxygen atoms in total. The smallest absolute Gasteiger partial charge is 0.756 e. The number of aromatic amines is 1. The Kier molecular flexibility index (Phi) is 10.4. The van der Waals surface area contributed by atoms with Crippen molar-refractivity contribution in [2.45, 2.75) is 56.3 Å².